The molecule has 0 spiro atoms. The van der Waals surface area contributed by atoms with E-state index in [1.165, 1.54) is 10.4 Å². The van der Waals surface area contributed by atoms with E-state index >= 15 is 0 Å². The van der Waals surface area contributed by atoms with Crippen molar-refractivity contribution in [1.29, 1.82) is 0 Å². The largest absolute Gasteiger partial charge is 0.460 e. The van der Waals surface area contributed by atoms with Crippen molar-refractivity contribution in [2.45, 2.75) is 51.3 Å². The number of benzene rings is 3. The molecule has 1 heterocycles. The summed E-state index contributed by atoms with van der Waals surface area (Å²) in [6.45, 7) is 6.18. The summed E-state index contributed by atoms with van der Waals surface area (Å²) in [5.41, 5.74) is 1.37. The second-order valence-corrected chi connectivity index (χ2v) is 14.5. The second kappa shape index (κ2) is 13.9. The smallest absolute Gasteiger partial charge is 0.306 e. The van der Waals surface area contributed by atoms with Gasteiger partial charge < -0.3 is 10.1 Å². The first-order valence-corrected chi connectivity index (χ1v) is 16.8. The molecule has 0 aliphatic carbocycles. The van der Waals surface area contributed by atoms with Crippen LogP contribution in [0.15, 0.2) is 66.7 Å². The number of carbonyl (C=O) groups is 2. The number of nitrogens with zero attached hydrogens (tertiary/aromatic N) is 2. The van der Waals surface area contributed by atoms with E-state index in [2.05, 4.69) is 10.2 Å². The number of likely N-dealkylation sites (tertiary alicyclic amines) is 1. The Morgan fingerprint density at radius 1 is 1.00 bits per heavy atom. The quantitative estimate of drug-likeness (QED) is 0.193. The molecule has 1 aliphatic heterocycles. The first kappa shape index (κ1) is 33.7. The molecule has 3 aromatic carbocycles. The van der Waals surface area contributed by atoms with Gasteiger partial charge in [-0.2, -0.15) is 0 Å². The van der Waals surface area contributed by atoms with Crippen LogP contribution in [0.4, 0.5) is 10.1 Å². The highest BCUT2D eigenvalue weighted by molar-refractivity contribution is 7.92. The molecule has 0 saturated carbocycles. The third kappa shape index (κ3) is 8.94. The van der Waals surface area contributed by atoms with Crippen LogP contribution in [0.3, 0.4) is 0 Å². The highest BCUT2D eigenvalue weighted by Gasteiger charge is 2.41. The summed E-state index contributed by atoms with van der Waals surface area (Å²) < 4.78 is 47.3. The van der Waals surface area contributed by atoms with E-state index in [-0.39, 0.29) is 36.2 Å². The average molecular weight is 665 g/mol. The normalized spacial score (nSPS) is 14.3. The molecule has 12 heteroatoms. The number of rotatable bonds is 11. The number of esters is 1. The van der Waals surface area contributed by atoms with Crippen molar-refractivity contribution in [3.05, 3.63) is 99.3 Å². The van der Waals surface area contributed by atoms with Crippen molar-refractivity contribution < 1.29 is 27.1 Å². The Bertz CT molecular complexity index is 1540. The Morgan fingerprint density at radius 3 is 2.05 bits per heavy atom. The zero-order valence-electron chi connectivity index (χ0n) is 25.0. The van der Waals surface area contributed by atoms with E-state index in [4.69, 9.17) is 27.9 Å². The molecule has 0 radical (unpaired) electrons. The van der Waals surface area contributed by atoms with Gasteiger partial charge in [0, 0.05) is 41.7 Å². The van der Waals surface area contributed by atoms with Crippen LogP contribution in [0.2, 0.25) is 10.0 Å². The molecule has 0 aromatic heterocycles. The monoisotopic (exact) mass is 663 g/mol. The maximum absolute atomic E-state index is 14.8. The summed E-state index contributed by atoms with van der Waals surface area (Å²) in [5, 5.41) is 3.86. The Morgan fingerprint density at radius 2 is 1.55 bits per heavy atom. The predicted octanol–water partition coefficient (Wildman–Crippen LogP) is 6.22. The summed E-state index contributed by atoms with van der Waals surface area (Å²) in [4.78, 5) is 26.9. The van der Waals surface area contributed by atoms with Gasteiger partial charge in [0.1, 0.15) is 11.4 Å². The van der Waals surface area contributed by atoms with Crippen molar-refractivity contribution in [3.63, 3.8) is 0 Å². The van der Waals surface area contributed by atoms with E-state index in [0.29, 0.717) is 29.6 Å². The standard InChI is InChI=1S/C32H36Cl2FN3O5S/c1-32(2,3)43-29(39)6-5-15-36-31(40)23-16-26(35)18-27(17-23)38(44(4,41)42)28-19-37(20-28)30(21-7-11-24(33)12-8-21)22-9-13-25(34)14-10-22/h7-14,16-18,28,30H,5-6,15,19-20H2,1-4H3,(H,36,40). The fourth-order valence-electron chi connectivity index (χ4n) is 5.19. The van der Waals surface area contributed by atoms with Crippen LogP contribution in [0.5, 0.6) is 0 Å². The lowest BCUT2D eigenvalue weighted by molar-refractivity contribution is -0.154. The van der Waals surface area contributed by atoms with Crippen LogP contribution < -0.4 is 9.62 Å². The topological polar surface area (TPSA) is 96.0 Å². The van der Waals surface area contributed by atoms with Crippen LogP contribution in [0.25, 0.3) is 0 Å². The lowest BCUT2D eigenvalue weighted by atomic mass is 9.93. The minimum absolute atomic E-state index is 0.0256. The number of hydrogen-bond donors (Lipinski definition) is 1. The fraction of sp³-hybridized carbons (Fsp3) is 0.375. The minimum atomic E-state index is -3.85. The van der Waals surface area contributed by atoms with Gasteiger partial charge in [0.25, 0.3) is 5.91 Å². The number of nitrogens with one attached hydrogen (secondary N) is 1. The van der Waals surface area contributed by atoms with E-state index < -0.39 is 33.4 Å². The first-order valence-electron chi connectivity index (χ1n) is 14.2. The van der Waals surface area contributed by atoms with E-state index in [1.807, 2.05) is 24.3 Å². The highest BCUT2D eigenvalue weighted by atomic mass is 35.5. The van der Waals surface area contributed by atoms with Crippen LogP contribution in [0.1, 0.15) is 61.1 Å². The lowest BCUT2D eigenvalue weighted by Gasteiger charge is -2.48. The predicted molar refractivity (Wildman–Crippen MR) is 171 cm³/mol. The van der Waals surface area contributed by atoms with Gasteiger partial charge in [-0.1, -0.05) is 47.5 Å². The molecule has 1 fully saturated rings. The molecule has 0 unspecified atom stereocenters. The summed E-state index contributed by atoms with van der Waals surface area (Å²) in [7, 11) is -3.85. The summed E-state index contributed by atoms with van der Waals surface area (Å²) >= 11 is 12.3. The fourth-order valence-corrected chi connectivity index (χ4v) is 6.60. The molecule has 1 aliphatic rings. The SMILES string of the molecule is CC(C)(C)OC(=O)CCCNC(=O)c1cc(F)cc(N(C2CN(C(c3ccc(Cl)cc3)c3ccc(Cl)cc3)C2)S(C)(=O)=O)c1. The summed E-state index contributed by atoms with van der Waals surface area (Å²) in [5.74, 6) is -1.71. The number of anilines is 1. The van der Waals surface area contributed by atoms with Gasteiger partial charge >= 0.3 is 5.97 Å². The van der Waals surface area contributed by atoms with Crippen molar-refractivity contribution in [3.8, 4) is 0 Å². The van der Waals surface area contributed by atoms with E-state index in [9.17, 15) is 22.4 Å². The van der Waals surface area contributed by atoms with E-state index in [1.54, 1.807) is 45.0 Å². The van der Waals surface area contributed by atoms with Crippen LogP contribution in [-0.2, 0) is 19.6 Å². The minimum Gasteiger partial charge on any atom is -0.460 e. The van der Waals surface area contributed by atoms with Gasteiger partial charge in [0.05, 0.1) is 24.0 Å². The van der Waals surface area contributed by atoms with Crippen LogP contribution in [-0.4, -0.2) is 62.7 Å². The molecule has 0 bridgehead atoms. The lowest BCUT2D eigenvalue weighted by Crippen LogP contribution is -2.61. The molecule has 8 nitrogen and oxygen atoms in total. The molecule has 4 rings (SSSR count). The van der Waals surface area contributed by atoms with Gasteiger partial charge in [-0.25, -0.2) is 12.8 Å². The third-order valence-electron chi connectivity index (χ3n) is 6.98. The zero-order chi connectivity index (χ0) is 32.2. The number of hydrogen-bond acceptors (Lipinski definition) is 6. The second-order valence-electron chi connectivity index (χ2n) is 11.8. The van der Waals surface area contributed by atoms with Crippen LogP contribution >= 0.6 is 23.2 Å². The number of amides is 1. The maximum Gasteiger partial charge on any atom is 0.306 e. The molecular formula is C32H36Cl2FN3O5S. The van der Waals surface area contributed by atoms with Gasteiger partial charge in [-0.15, -0.1) is 0 Å². The average Bonchev–Trinajstić information content (AvgIpc) is 2.89. The third-order valence-corrected chi connectivity index (χ3v) is 8.71. The zero-order valence-corrected chi connectivity index (χ0v) is 27.3. The molecule has 44 heavy (non-hydrogen) atoms. The Labute approximate surface area is 268 Å². The first-order chi connectivity index (χ1) is 20.6. The molecule has 1 amide bonds. The highest BCUT2D eigenvalue weighted by Crippen LogP contribution is 2.37. The molecule has 236 valence electrons. The molecular weight excluding hydrogens is 628 g/mol. The Hall–Kier alpha value is -3.18. The van der Waals surface area contributed by atoms with E-state index in [0.717, 1.165) is 29.5 Å². The number of halogens is 3. The van der Waals surface area contributed by atoms with Gasteiger partial charge in [-0.3, -0.25) is 18.8 Å². The summed E-state index contributed by atoms with van der Waals surface area (Å²) in [6.07, 6.45) is 1.50. The number of sulfonamides is 1. The number of ether oxygens (including phenoxy) is 1. The van der Waals surface area contributed by atoms with Crippen molar-refractivity contribution in [1.82, 2.24) is 10.2 Å². The Kier molecular flexibility index (Phi) is 10.6. The summed E-state index contributed by atoms with van der Waals surface area (Å²) in [6, 6.07) is 17.7. The molecule has 3 aromatic rings. The Balaban J connectivity index is 1.49. The van der Waals surface area contributed by atoms with Crippen molar-refractivity contribution >= 4 is 50.8 Å². The number of carbonyl (C=O) groups excluding carboxylic acids is 2. The molecule has 0 atom stereocenters. The maximum atomic E-state index is 14.8. The van der Waals surface area contributed by atoms with Crippen molar-refractivity contribution in [2.75, 3.05) is 30.2 Å². The van der Waals surface area contributed by atoms with Crippen LogP contribution in [0, 0.1) is 5.82 Å². The van der Waals surface area contributed by atoms with Gasteiger partial charge in [0.2, 0.25) is 10.0 Å². The van der Waals surface area contributed by atoms with Gasteiger partial charge in [-0.05, 0) is 80.8 Å². The van der Waals surface area contributed by atoms with Gasteiger partial charge in [0.15, 0.2) is 0 Å². The molecule has 1 N–H and O–H groups in total. The molecule has 1 saturated heterocycles. The van der Waals surface area contributed by atoms with Crippen molar-refractivity contribution in [2.24, 2.45) is 0 Å².